The van der Waals surface area contributed by atoms with Gasteiger partial charge in [0, 0.05) is 0 Å². The average Bonchev–Trinajstić information content (AvgIpc) is 2.43. The van der Waals surface area contributed by atoms with Gasteiger partial charge in [-0.1, -0.05) is 64.4 Å². The highest BCUT2D eigenvalue weighted by atomic mass is 14.5. The number of benzene rings is 1. The molecule has 1 aromatic carbocycles. The summed E-state index contributed by atoms with van der Waals surface area (Å²) in [6, 6.07) is 6.72. The molecule has 0 heterocycles. The standard InChI is InChI=1S/C16H21B/c1-11(9-17)12-6-7-13-14(8-12)16(4,5)10-15(13,2)3/h6-8H,1,9-10H2,2-5H3. The first-order chi connectivity index (χ1) is 7.78. The van der Waals surface area contributed by atoms with Gasteiger partial charge in [-0.15, -0.1) is 0 Å². The number of hydrogen-bond donors (Lipinski definition) is 0. The Kier molecular flexibility index (Phi) is 2.76. The molecule has 1 aliphatic rings. The summed E-state index contributed by atoms with van der Waals surface area (Å²) >= 11 is 0. The second-order valence-corrected chi connectivity index (χ2v) is 6.51. The highest BCUT2D eigenvalue weighted by Crippen LogP contribution is 2.49. The van der Waals surface area contributed by atoms with Crippen LogP contribution in [0.4, 0.5) is 0 Å². The van der Waals surface area contributed by atoms with Crippen molar-refractivity contribution in [1.82, 2.24) is 0 Å². The molecule has 1 heteroatoms. The first-order valence-corrected chi connectivity index (χ1v) is 6.31. The molecule has 0 aliphatic heterocycles. The van der Waals surface area contributed by atoms with Gasteiger partial charge in [0.15, 0.2) is 0 Å². The fourth-order valence-corrected chi connectivity index (χ4v) is 3.33. The fraction of sp³-hybridized carbons (Fsp3) is 0.500. The van der Waals surface area contributed by atoms with Crippen molar-refractivity contribution in [2.24, 2.45) is 0 Å². The molecular formula is C16H21B. The average molecular weight is 224 g/mol. The highest BCUT2D eigenvalue weighted by molar-refractivity contribution is 6.14. The molecule has 0 unspecified atom stereocenters. The van der Waals surface area contributed by atoms with Crippen LogP contribution in [0.25, 0.3) is 5.57 Å². The van der Waals surface area contributed by atoms with Crippen LogP contribution in [0, 0.1) is 0 Å². The minimum absolute atomic E-state index is 0.254. The van der Waals surface area contributed by atoms with Crippen LogP contribution < -0.4 is 0 Å². The van der Waals surface area contributed by atoms with E-state index in [4.69, 9.17) is 7.85 Å². The zero-order chi connectivity index (χ0) is 12.8. The van der Waals surface area contributed by atoms with Crippen molar-refractivity contribution in [3.8, 4) is 0 Å². The van der Waals surface area contributed by atoms with Gasteiger partial charge in [-0.3, -0.25) is 0 Å². The summed E-state index contributed by atoms with van der Waals surface area (Å²) in [5.41, 5.74) is 5.70. The molecule has 2 radical (unpaired) electrons. The lowest BCUT2D eigenvalue weighted by Crippen LogP contribution is -2.17. The Bertz CT molecular complexity index is 466. The second kappa shape index (κ2) is 3.76. The van der Waals surface area contributed by atoms with Gasteiger partial charge in [0.2, 0.25) is 0 Å². The van der Waals surface area contributed by atoms with E-state index in [-0.39, 0.29) is 10.8 Å². The Labute approximate surface area is 107 Å². The molecule has 0 fully saturated rings. The molecule has 1 aromatic rings. The summed E-state index contributed by atoms with van der Waals surface area (Å²) in [6.07, 6.45) is 1.73. The molecular weight excluding hydrogens is 203 g/mol. The Morgan fingerprint density at radius 3 is 2.35 bits per heavy atom. The first-order valence-electron chi connectivity index (χ1n) is 6.31. The number of rotatable bonds is 2. The minimum Gasteiger partial charge on any atom is -0.0960 e. The number of hydrogen-bond acceptors (Lipinski definition) is 0. The molecule has 0 nitrogen and oxygen atoms in total. The molecule has 0 N–H and O–H groups in total. The third-order valence-corrected chi connectivity index (χ3v) is 4.02. The molecule has 0 saturated heterocycles. The van der Waals surface area contributed by atoms with E-state index in [1.54, 1.807) is 0 Å². The summed E-state index contributed by atoms with van der Waals surface area (Å²) in [5.74, 6) is 0. The molecule has 88 valence electrons. The van der Waals surface area contributed by atoms with Crippen LogP contribution >= 0.6 is 0 Å². The van der Waals surface area contributed by atoms with Crippen molar-refractivity contribution in [3.05, 3.63) is 41.5 Å². The van der Waals surface area contributed by atoms with Crippen molar-refractivity contribution in [2.45, 2.75) is 51.3 Å². The number of fused-ring (bicyclic) bond motifs is 1. The van der Waals surface area contributed by atoms with Gasteiger partial charge < -0.3 is 0 Å². The van der Waals surface area contributed by atoms with Crippen molar-refractivity contribution < 1.29 is 0 Å². The van der Waals surface area contributed by atoms with Crippen molar-refractivity contribution in [3.63, 3.8) is 0 Å². The predicted octanol–water partition coefficient (Wildman–Crippen LogP) is 4.25. The third-order valence-electron chi connectivity index (χ3n) is 4.02. The van der Waals surface area contributed by atoms with Crippen LogP contribution in [0.5, 0.6) is 0 Å². The van der Waals surface area contributed by atoms with Crippen LogP contribution in [0.3, 0.4) is 0 Å². The zero-order valence-corrected chi connectivity index (χ0v) is 11.4. The van der Waals surface area contributed by atoms with Gasteiger partial charge in [0.1, 0.15) is 0 Å². The van der Waals surface area contributed by atoms with E-state index in [0.29, 0.717) is 6.32 Å². The quantitative estimate of drug-likeness (QED) is 0.659. The smallest absolute Gasteiger partial charge is 0.0716 e. The van der Waals surface area contributed by atoms with Crippen LogP contribution in [0.15, 0.2) is 24.8 Å². The summed E-state index contributed by atoms with van der Waals surface area (Å²) in [5, 5.41) is 0. The molecule has 0 spiro atoms. The van der Waals surface area contributed by atoms with Gasteiger partial charge in [0.25, 0.3) is 0 Å². The van der Waals surface area contributed by atoms with Gasteiger partial charge in [0.05, 0.1) is 7.85 Å². The van der Waals surface area contributed by atoms with Crippen LogP contribution in [0.1, 0.15) is 50.8 Å². The molecule has 0 aromatic heterocycles. The summed E-state index contributed by atoms with van der Waals surface area (Å²) in [7, 11) is 5.67. The Morgan fingerprint density at radius 2 is 1.76 bits per heavy atom. The highest BCUT2D eigenvalue weighted by Gasteiger charge is 2.41. The largest absolute Gasteiger partial charge is 0.0960 e. The van der Waals surface area contributed by atoms with E-state index >= 15 is 0 Å². The second-order valence-electron chi connectivity index (χ2n) is 6.51. The molecule has 1 aliphatic carbocycles. The van der Waals surface area contributed by atoms with Gasteiger partial charge in [-0.2, -0.15) is 0 Å². The lowest BCUT2D eigenvalue weighted by atomic mass is 9.82. The summed E-state index contributed by atoms with van der Waals surface area (Å²) < 4.78 is 0. The maximum atomic E-state index is 5.67. The molecule has 0 atom stereocenters. The molecule has 0 saturated carbocycles. The fourth-order valence-electron chi connectivity index (χ4n) is 3.33. The lowest BCUT2D eigenvalue weighted by Gasteiger charge is -2.22. The third kappa shape index (κ3) is 1.96. The predicted molar refractivity (Wildman–Crippen MR) is 76.7 cm³/mol. The van der Waals surface area contributed by atoms with E-state index in [1.165, 1.54) is 23.1 Å². The van der Waals surface area contributed by atoms with Gasteiger partial charge in [-0.25, -0.2) is 0 Å². The van der Waals surface area contributed by atoms with Gasteiger partial charge in [-0.05, 0) is 33.9 Å². The zero-order valence-electron chi connectivity index (χ0n) is 11.4. The monoisotopic (exact) mass is 224 g/mol. The SMILES string of the molecule is [B]CC(=C)c1ccc2c(c1)C(C)(C)CC2(C)C. The van der Waals surface area contributed by atoms with Crippen LogP contribution in [-0.4, -0.2) is 7.85 Å². The van der Waals surface area contributed by atoms with E-state index in [2.05, 4.69) is 52.5 Å². The maximum Gasteiger partial charge on any atom is 0.0716 e. The van der Waals surface area contributed by atoms with Crippen molar-refractivity contribution in [1.29, 1.82) is 0 Å². The Balaban J connectivity index is 2.57. The van der Waals surface area contributed by atoms with Crippen molar-refractivity contribution in [2.75, 3.05) is 0 Å². The lowest BCUT2D eigenvalue weighted by molar-refractivity contribution is 0.403. The molecule has 0 bridgehead atoms. The summed E-state index contributed by atoms with van der Waals surface area (Å²) in [6.45, 7) is 13.3. The maximum absolute atomic E-state index is 5.67. The topological polar surface area (TPSA) is 0 Å². The molecule has 17 heavy (non-hydrogen) atoms. The van der Waals surface area contributed by atoms with E-state index < -0.39 is 0 Å². The van der Waals surface area contributed by atoms with Crippen LogP contribution in [0.2, 0.25) is 6.32 Å². The summed E-state index contributed by atoms with van der Waals surface area (Å²) in [4.78, 5) is 0. The number of allylic oxidation sites excluding steroid dienone is 1. The molecule has 0 amide bonds. The van der Waals surface area contributed by atoms with Crippen LogP contribution in [-0.2, 0) is 10.8 Å². The van der Waals surface area contributed by atoms with E-state index in [1.807, 2.05) is 0 Å². The molecule has 2 rings (SSSR count). The normalized spacial score (nSPS) is 20.0. The first kappa shape index (κ1) is 12.5. The van der Waals surface area contributed by atoms with E-state index in [0.717, 1.165) is 5.57 Å². The van der Waals surface area contributed by atoms with Crippen molar-refractivity contribution >= 4 is 13.4 Å². The van der Waals surface area contributed by atoms with E-state index in [9.17, 15) is 0 Å². The Morgan fingerprint density at radius 1 is 1.18 bits per heavy atom. The van der Waals surface area contributed by atoms with Gasteiger partial charge >= 0.3 is 0 Å². The Hall–Kier alpha value is -0.975. The minimum atomic E-state index is 0.254.